The first-order chi connectivity index (χ1) is 19.8. The summed E-state index contributed by atoms with van der Waals surface area (Å²) in [5, 5.41) is 3.73. The van der Waals surface area contributed by atoms with Crippen molar-refractivity contribution in [1.82, 2.24) is 14.5 Å². The molecule has 6 rings (SSSR count). The summed E-state index contributed by atoms with van der Waals surface area (Å²) in [7, 11) is 0. The van der Waals surface area contributed by atoms with Crippen molar-refractivity contribution in [3.63, 3.8) is 0 Å². The zero-order chi connectivity index (χ0) is 28.6. The number of para-hydroxylation sites is 1. The van der Waals surface area contributed by atoms with Gasteiger partial charge in [-0.05, 0) is 66.2 Å². The number of carbonyl (C=O) groups excluding carboxylic acids is 1. The van der Waals surface area contributed by atoms with E-state index in [2.05, 4.69) is 15.3 Å². The fourth-order valence-electron chi connectivity index (χ4n) is 4.53. The Morgan fingerprint density at radius 1 is 0.805 bits per heavy atom. The average Bonchev–Trinajstić information content (AvgIpc) is 2.97. The standard InChI is InChI=1S/C31H19F3N4O3/c32-31(33,34)22-5-4-6-23(16-22)38-28(39)14-11-21-18-35-26-12-9-19(15-25(26)29(21)38)20-10-13-27(36-17-20)37-30(40)41-24-7-2-1-3-8-24/h1-18H,(H,36,37,40). The molecule has 7 nitrogen and oxygen atoms in total. The number of benzene rings is 3. The maximum Gasteiger partial charge on any atom is 0.418 e. The Kier molecular flexibility index (Phi) is 6.43. The lowest BCUT2D eigenvalue weighted by Crippen LogP contribution is -2.18. The second-order valence-corrected chi connectivity index (χ2v) is 9.11. The van der Waals surface area contributed by atoms with Crippen molar-refractivity contribution in [2.45, 2.75) is 6.18 Å². The number of fused-ring (bicyclic) bond motifs is 3. The minimum Gasteiger partial charge on any atom is -0.410 e. The molecule has 0 bridgehead atoms. The monoisotopic (exact) mass is 552 g/mol. The van der Waals surface area contributed by atoms with Crippen molar-refractivity contribution < 1.29 is 22.7 Å². The zero-order valence-electron chi connectivity index (χ0n) is 21.1. The Morgan fingerprint density at radius 2 is 1.61 bits per heavy atom. The molecule has 0 saturated heterocycles. The first kappa shape index (κ1) is 25.8. The van der Waals surface area contributed by atoms with Crippen LogP contribution in [0.3, 0.4) is 0 Å². The average molecular weight is 553 g/mol. The van der Waals surface area contributed by atoms with E-state index in [0.29, 0.717) is 33.1 Å². The van der Waals surface area contributed by atoms with E-state index in [1.165, 1.54) is 22.8 Å². The minimum atomic E-state index is -4.56. The number of carbonyl (C=O) groups is 1. The number of ether oxygens (including phenoxy) is 1. The maximum absolute atomic E-state index is 13.5. The van der Waals surface area contributed by atoms with E-state index in [4.69, 9.17) is 4.74 Å². The molecule has 3 aromatic carbocycles. The van der Waals surface area contributed by atoms with Gasteiger partial charge in [0.2, 0.25) is 0 Å². The topological polar surface area (TPSA) is 86.1 Å². The maximum atomic E-state index is 13.5. The third-order valence-electron chi connectivity index (χ3n) is 6.43. The third kappa shape index (κ3) is 5.22. The molecule has 6 aromatic rings. The molecule has 0 aliphatic heterocycles. The Morgan fingerprint density at radius 3 is 2.37 bits per heavy atom. The normalized spacial score (nSPS) is 11.5. The predicted molar refractivity (Wildman–Crippen MR) is 149 cm³/mol. The van der Waals surface area contributed by atoms with Crippen molar-refractivity contribution >= 4 is 33.7 Å². The van der Waals surface area contributed by atoms with Gasteiger partial charge in [0.05, 0.1) is 16.6 Å². The number of rotatable bonds is 4. The summed E-state index contributed by atoms with van der Waals surface area (Å²) in [6.07, 6.45) is -2.10. The van der Waals surface area contributed by atoms with Gasteiger partial charge in [0, 0.05) is 40.5 Å². The van der Waals surface area contributed by atoms with Crippen LogP contribution in [0.4, 0.5) is 23.8 Å². The van der Waals surface area contributed by atoms with E-state index in [1.54, 1.807) is 67.0 Å². The molecule has 0 spiro atoms. The molecule has 0 aliphatic rings. The SMILES string of the molecule is O=C(Nc1ccc(-c2ccc3ncc4ccc(=O)n(-c5cccc(C(F)(F)F)c5)c4c3c2)cn1)Oc1ccccc1. The van der Waals surface area contributed by atoms with Crippen LogP contribution in [0, 0.1) is 0 Å². The highest BCUT2D eigenvalue weighted by atomic mass is 19.4. The van der Waals surface area contributed by atoms with Crippen LogP contribution < -0.4 is 15.6 Å². The van der Waals surface area contributed by atoms with Crippen molar-refractivity contribution in [2.75, 3.05) is 5.32 Å². The summed E-state index contributed by atoms with van der Waals surface area (Å²) < 4.78 is 46.8. The quantitative estimate of drug-likeness (QED) is 0.233. The second-order valence-electron chi connectivity index (χ2n) is 9.11. The number of hydrogen-bond donors (Lipinski definition) is 1. The molecule has 202 valence electrons. The van der Waals surface area contributed by atoms with Crippen LogP contribution in [0.15, 0.2) is 114 Å². The predicted octanol–water partition coefficient (Wildman–Crippen LogP) is 7.23. The molecule has 0 aliphatic carbocycles. The lowest BCUT2D eigenvalue weighted by Gasteiger charge is -2.15. The van der Waals surface area contributed by atoms with Crippen molar-refractivity contribution in [3.8, 4) is 22.6 Å². The molecule has 0 saturated carbocycles. The fraction of sp³-hybridized carbons (Fsp3) is 0.0323. The van der Waals surface area contributed by atoms with Crippen molar-refractivity contribution in [3.05, 3.63) is 125 Å². The third-order valence-corrected chi connectivity index (χ3v) is 6.43. The van der Waals surface area contributed by atoms with Gasteiger partial charge in [0.15, 0.2) is 0 Å². The number of amides is 1. The number of aromatic nitrogens is 3. The number of hydrogen-bond acceptors (Lipinski definition) is 5. The van der Waals surface area contributed by atoms with Gasteiger partial charge in [0.1, 0.15) is 11.6 Å². The van der Waals surface area contributed by atoms with E-state index in [1.807, 2.05) is 12.1 Å². The van der Waals surface area contributed by atoms with E-state index < -0.39 is 23.4 Å². The largest absolute Gasteiger partial charge is 0.418 e. The van der Waals surface area contributed by atoms with E-state index >= 15 is 0 Å². The fourth-order valence-corrected chi connectivity index (χ4v) is 4.53. The molecule has 41 heavy (non-hydrogen) atoms. The van der Waals surface area contributed by atoms with E-state index in [-0.39, 0.29) is 11.5 Å². The van der Waals surface area contributed by atoms with E-state index in [9.17, 15) is 22.8 Å². The number of alkyl halides is 3. The first-order valence-electron chi connectivity index (χ1n) is 12.4. The lowest BCUT2D eigenvalue weighted by molar-refractivity contribution is -0.137. The summed E-state index contributed by atoms with van der Waals surface area (Å²) in [6.45, 7) is 0. The number of pyridine rings is 3. The van der Waals surface area contributed by atoms with Crippen LogP contribution in [0.1, 0.15) is 5.56 Å². The number of nitrogens with zero attached hydrogens (tertiary/aromatic N) is 3. The second kappa shape index (κ2) is 10.2. The van der Waals surface area contributed by atoms with Crippen LogP contribution in [0.25, 0.3) is 38.6 Å². The molecule has 1 amide bonds. The number of anilines is 1. The molecule has 3 aromatic heterocycles. The number of nitrogens with one attached hydrogen (secondary N) is 1. The summed E-state index contributed by atoms with van der Waals surface area (Å²) in [6, 6.07) is 24.9. The smallest absolute Gasteiger partial charge is 0.410 e. The van der Waals surface area contributed by atoms with Crippen LogP contribution >= 0.6 is 0 Å². The van der Waals surface area contributed by atoms with Crippen LogP contribution in [-0.2, 0) is 6.18 Å². The lowest BCUT2D eigenvalue weighted by atomic mass is 10.0. The Balaban J connectivity index is 1.39. The van der Waals surface area contributed by atoms with Crippen LogP contribution in [0.5, 0.6) is 5.75 Å². The van der Waals surface area contributed by atoms with Gasteiger partial charge in [-0.25, -0.2) is 9.78 Å². The van der Waals surface area contributed by atoms with Crippen LogP contribution in [0.2, 0.25) is 0 Å². The van der Waals surface area contributed by atoms with E-state index in [0.717, 1.165) is 17.7 Å². The molecule has 1 N–H and O–H groups in total. The molecule has 0 radical (unpaired) electrons. The molecular weight excluding hydrogens is 533 g/mol. The van der Waals surface area contributed by atoms with Gasteiger partial charge >= 0.3 is 12.3 Å². The molecule has 10 heteroatoms. The van der Waals surface area contributed by atoms with Gasteiger partial charge in [0.25, 0.3) is 5.56 Å². The highest BCUT2D eigenvalue weighted by molar-refractivity contribution is 6.05. The molecule has 0 fully saturated rings. The van der Waals surface area contributed by atoms with Crippen molar-refractivity contribution in [1.29, 1.82) is 0 Å². The first-order valence-corrected chi connectivity index (χ1v) is 12.4. The highest BCUT2D eigenvalue weighted by Crippen LogP contribution is 2.33. The summed E-state index contributed by atoms with van der Waals surface area (Å²) >= 11 is 0. The van der Waals surface area contributed by atoms with Gasteiger partial charge in [-0.2, -0.15) is 13.2 Å². The molecule has 3 heterocycles. The zero-order valence-corrected chi connectivity index (χ0v) is 21.1. The summed E-state index contributed by atoms with van der Waals surface area (Å²) in [5.41, 5.74) is 1.17. The molecule has 0 atom stereocenters. The highest BCUT2D eigenvalue weighted by Gasteiger charge is 2.30. The van der Waals surface area contributed by atoms with Gasteiger partial charge in [-0.15, -0.1) is 0 Å². The molecule has 0 unspecified atom stereocenters. The molecular formula is C31H19F3N4O3. The van der Waals surface area contributed by atoms with Gasteiger partial charge in [-0.3, -0.25) is 19.7 Å². The van der Waals surface area contributed by atoms with Gasteiger partial charge < -0.3 is 4.74 Å². The summed E-state index contributed by atoms with van der Waals surface area (Å²) in [4.78, 5) is 34.0. The Labute approximate surface area is 230 Å². The van der Waals surface area contributed by atoms with Crippen molar-refractivity contribution in [2.24, 2.45) is 0 Å². The minimum absolute atomic E-state index is 0.0906. The van der Waals surface area contributed by atoms with Gasteiger partial charge in [-0.1, -0.05) is 30.3 Å². The Bertz CT molecular complexity index is 1970. The summed E-state index contributed by atoms with van der Waals surface area (Å²) in [5.74, 6) is 0.670. The Hall–Kier alpha value is -5.51. The van der Waals surface area contributed by atoms with Crippen LogP contribution in [-0.4, -0.2) is 20.6 Å². The number of halogens is 3.